The van der Waals surface area contributed by atoms with Gasteiger partial charge in [-0.1, -0.05) is 18.5 Å². The van der Waals surface area contributed by atoms with E-state index < -0.39 is 4.92 Å². The van der Waals surface area contributed by atoms with Crippen molar-refractivity contribution >= 4 is 35.0 Å². The first-order chi connectivity index (χ1) is 10.1. The van der Waals surface area contributed by atoms with Crippen molar-refractivity contribution in [2.45, 2.75) is 23.4 Å². The zero-order chi connectivity index (χ0) is 15.2. The van der Waals surface area contributed by atoms with Gasteiger partial charge < -0.3 is 5.32 Å². The van der Waals surface area contributed by atoms with E-state index in [0.29, 0.717) is 22.5 Å². The lowest BCUT2D eigenvalue weighted by Crippen LogP contribution is -2.06. The van der Waals surface area contributed by atoms with Crippen LogP contribution in [0.25, 0.3) is 0 Å². The Bertz CT molecular complexity index is 655. The van der Waals surface area contributed by atoms with E-state index in [1.54, 1.807) is 18.3 Å². The van der Waals surface area contributed by atoms with Crippen LogP contribution in [0, 0.1) is 10.1 Å². The highest BCUT2D eigenvalue weighted by Crippen LogP contribution is 2.35. The third-order valence-electron chi connectivity index (χ3n) is 2.38. The SMILES string of the molecule is CCCNc1ncc([N+](=O)[O-])c(Sc2ncccc2Cl)n1. The van der Waals surface area contributed by atoms with Crippen LogP contribution in [0.4, 0.5) is 11.6 Å². The van der Waals surface area contributed by atoms with Gasteiger partial charge in [0.15, 0.2) is 5.03 Å². The smallest absolute Gasteiger partial charge is 0.320 e. The Labute approximate surface area is 130 Å². The normalized spacial score (nSPS) is 10.4. The molecule has 0 unspecified atom stereocenters. The molecule has 110 valence electrons. The zero-order valence-electron chi connectivity index (χ0n) is 11.1. The van der Waals surface area contributed by atoms with E-state index in [4.69, 9.17) is 11.6 Å². The topological polar surface area (TPSA) is 93.8 Å². The van der Waals surface area contributed by atoms with Crippen molar-refractivity contribution in [1.29, 1.82) is 0 Å². The molecule has 0 atom stereocenters. The van der Waals surface area contributed by atoms with Crippen molar-refractivity contribution in [3.63, 3.8) is 0 Å². The molecular weight excluding hydrogens is 314 g/mol. The first kappa shape index (κ1) is 15.5. The first-order valence-corrected chi connectivity index (χ1v) is 7.35. The molecule has 2 aromatic rings. The van der Waals surface area contributed by atoms with Crippen LogP contribution >= 0.6 is 23.4 Å². The highest BCUT2D eigenvalue weighted by Gasteiger charge is 2.20. The molecule has 0 aliphatic carbocycles. The number of anilines is 1. The summed E-state index contributed by atoms with van der Waals surface area (Å²) in [5.74, 6) is 0.344. The maximum absolute atomic E-state index is 11.1. The highest BCUT2D eigenvalue weighted by molar-refractivity contribution is 7.99. The molecule has 0 spiro atoms. The summed E-state index contributed by atoms with van der Waals surface area (Å²) in [5, 5.41) is 15.1. The van der Waals surface area contributed by atoms with Gasteiger partial charge in [0, 0.05) is 12.7 Å². The van der Waals surface area contributed by atoms with Crippen LogP contribution in [-0.2, 0) is 0 Å². The summed E-state index contributed by atoms with van der Waals surface area (Å²) in [6.07, 6.45) is 3.65. The molecule has 21 heavy (non-hydrogen) atoms. The number of nitrogens with one attached hydrogen (secondary N) is 1. The Balaban J connectivity index is 2.34. The van der Waals surface area contributed by atoms with Gasteiger partial charge in [0.2, 0.25) is 5.95 Å². The molecule has 0 radical (unpaired) electrons. The first-order valence-electron chi connectivity index (χ1n) is 6.15. The van der Waals surface area contributed by atoms with E-state index in [2.05, 4.69) is 20.3 Å². The largest absolute Gasteiger partial charge is 0.354 e. The quantitative estimate of drug-likeness (QED) is 0.494. The average Bonchev–Trinajstić information content (AvgIpc) is 2.47. The third-order valence-corrected chi connectivity index (χ3v) is 3.81. The summed E-state index contributed by atoms with van der Waals surface area (Å²) >= 11 is 7.06. The summed E-state index contributed by atoms with van der Waals surface area (Å²) in [4.78, 5) is 22.7. The Kier molecular flexibility index (Phi) is 5.29. The number of halogens is 1. The number of pyridine rings is 1. The lowest BCUT2D eigenvalue weighted by molar-refractivity contribution is -0.388. The molecule has 7 nitrogen and oxygen atoms in total. The minimum atomic E-state index is -0.525. The molecule has 0 amide bonds. The molecule has 0 saturated carbocycles. The van der Waals surface area contributed by atoms with Crippen LogP contribution in [0.2, 0.25) is 5.02 Å². The lowest BCUT2D eigenvalue weighted by Gasteiger charge is -2.06. The van der Waals surface area contributed by atoms with Crippen LogP contribution < -0.4 is 5.32 Å². The van der Waals surface area contributed by atoms with Gasteiger partial charge in [0.05, 0.1) is 9.95 Å². The number of aromatic nitrogens is 3. The standard InChI is InChI=1S/C12H12ClN5O2S/c1-2-5-15-12-16-7-9(18(19)20)11(17-12)21-10-8(13)4-3-6-14-10/h3-4,6-7H,2,5H2,1H3,(H,15,16,17). The highest BCUT2D eigenvalue weighted by atomic mass is 35.5. The predicted octanol–water partition coefficient (Wildman–Crippen LogP) is 3.41. The number of rotatable bonds is 6. The molecule has 0 aromatic carbocycles. The second kappa shape index (κ2) is 7.19. The number of hydrogen-bond donors (Lipinski definition) is 1. The monoisotopic (exact) mass is 325 g/mol. The summed E-state index contributed by atoms with van der Waals surface area (Å²) in [5.41, 5.74) is -0.177. The zero-order valence-corrected chi connectivity index (χ0v) is 12.7. The van der Waals surface area contributed by atoms with Crippen LogP contribution in [0.15, 0.2) is 34.6 Å². The second-order valence-corrected chi connectivity index (χ2v) is 5.35. The Morgan fingerprint density at radius 3 is 2.90 bits per heavy atom. The molecule has 0 aliphatic heterocycles. The average molecular weight is 326 g/mol. The van der Waals surface area contributed by atoms with Crippen molar-refractivity contribution in [3.8, 4) is 0 Å². The van der Waals surface area contributed by atoms with Gasteiger partial charge in [-0.3, -0.25) is 10.1 Å². The van der Waals surface area contributed by atoms with Crippen molar-refractivity contribution in [2.24, 2.45) is 0 Å². The molecule has 2 rings (SSSR count). The van der Waals surface area contributed by atoms with E-state index in [1.807, 2.05) is 6.92 Å². The fourth-order valence-corrected chi connectivity index (χ4v) is 2.48. The van der Waals surface area contributed by atoms with Crippen LogP contribution in [-0.4, -0.2) is 26.4 Å². The fourth-order valence-electron chi connectivity index (χ4n) is 1.42. The third kappa shape index (κ3) is 4.02. The summed E-state index contributed by atoms with van der Waals surface area (Å²) < 4.78 is 0. The van der Waals surface area contributed by atoms with Gasteiger partial charge in [-0.2, -0.15) is 4.98 Å². The van der Waals surface area contributed by atoms with E-state index in [-0.39, 0.29) is 10.7 Å². The maximum atomic E-state index is 11.1. The van der Waals surface area contributed by atoms with E-state index in [9.17, 15) is 10.1 Å². The Hall–Kier alpha value is -1.93. The summed E-state index contributed by atoms with van der Waals surface area (Å²) in [6, 6.07) is 3.36. The van der Waals surface area contributed by atoms with Gasteiger partial charge in [-0.25, -0.2) is 9.97 Å². The van der Waals surface area contributed by atoms with E-state index in [1.165, 1.54) is 6.20 Å². The molecule has 0 bridgehead atoms. The number of nitro groups is 1. The maximum Gasteiger partial charge on any atom is 0.320 e. The van der Waals surface area contributed by atoms with E-state index in [0.717, 1.165) is 18.2 Å². The van der Waals surface area contributed by atoms with Crippen LogP contribution in [0.5, 0.6) is 0 Å². The Morgan fingerprint density at radius 2 is 2.24 bits per heavy atom. The number of nitrogens with zero attached hydrogens (tertiary/aromatic N) is 4. The lowest BCUT2D eigenvalue weighted by atomic mass is 10.5. The van der Waals surface area contributed by atoms with Gasteiger partial charge in [0.1, 0.15) is 11.2 Å². The minimum Gasteiger partial charge on any atom is -0.354 e. The molecule has 1 N–H and O–H groups in total. The molecule has 9 heteroatoms. The predicted molar refractivity (Wildman–Crippen MR) is 80.8 cm³/mol. The second-order valence-electron chi connectivity index (χ2n) is 3.96. The summed E-state index contributed by atoms with van der Waals surface area (Å²) in [6.45, 7) is 2.69. The molecule has 0 fully saturated rings. The molecule has 0 saturated heterocycles. The fraction of sp³-hybridized carbons (Fsp3) is 0.250. The number of hydrogen-bond acceptors (Lipinski definition) is 7. The molecule has 0 aliphatic rings. The van der Waals surface area contributed by atoms with Gasteiger partial charge in [0.25, 0.3) is 0 Å². The van der Waals surface area contributed by atoms with E-state index >= 15 is 0 Å². The van der Waals surface area contributed by atoms with Crippen molar-refractivity contribution in [2.75, 3.05) is 11.9 Å². The van der Waals surface area contributed by atoms with Crippen molar-refractivity contribution in [1.82, 2.24) is 15.0 Å². The van der Waals surface area contributed by atoms with Crippen LogP contribution in [0.3, 0.4) is 0 Å². The Morgan fingerprint density at radius 1 is 1.43 bits per heavy atom. The summed E-state index contributed by atoms with van der Waals surface area (Å²) in [7, 11) is 0. The van der Waals surface area contributed by atoms with Crippen LogP contribution in [0.1, 0.15) is 13.3 Å². The molecular formula is C12H12ClN5O2S. The molecule has 2 aromatic heterocycles. The minimum absolute atomic E-state index is 0.177. The van der Waals surface area contributed by atoms with Gasteiger partial charge in [-0.05, 0) is 30.3 Å². The van der Waals surface area contributed by atoms with Crippen molar-refractivity contribution < 1.29 is 4.92 Å². The molecule has 2 heterocycles. The van der Waals surface area contributed by atoms with Gasteiger partial charge in [-0.15, -0.1) is 0 Å². The van der Waals surface area contributed by atoms with Crippen molar-refractivity contribution in [3.05, 3.63) is 39.7 Å². The van der Waals surface area contributed by atoms with Gasteiger partial charge >= 0.3 is 5.69 Å².